The lowest BCUT2D eigenvalue weighted by molar-refractivity contribution is 0.487. The van der Waals surface area contributed by atoms with E-state index in [1.807, 2.05) is 42.5 Å². The summed E-state index contributed by atoms with van der Waals surface area (Å²) in [5.74, 6) is 0. The molecule has 3 rings (SSSR count). The van der Waals surface area contributed by atoms with Crippen molar-refractivity contribution in [2.24, 2.45) is 0 Å². The third-order valence-electron chi connectivity index (χ3n) is 2.96. The highest BCUT2D eigenvalue weighted by Gasteiger charge is 2.27. The van der Waals surface area contributed by atoms with Crippen molar-refractivity contribution in [3.63, 3.8) is 0 Å². The molecule has 1 atom stereocenters. The first kappa shape index (κ1) is 11.4. The Bertz CT molecular complexity index is 608. The summed E-state index contributed by atoms with van der Waals surface area (Å²) in [6.45, 7) is 3.93. The van der Waals surface area contributed by atoms with Gasteiger partial charge in [0, 0.05) is 0 Å². The van der Waals surface area contributed by atoms with Crippen LogP contribution in [-0.2, 0) is 0 Å². The summed E-state index contributed by atoms with van der Waals surface area (Å²) in [5, 5.41) is 0.691. The number of allylic oxidation sites excluding steroid dienone is 3. The molecule has 1 heterocycles. The molecule has 0 bridgehead atoms. The van der Waals surface area contributed by atoms with Gasteiger partial charge in [-0.05, 0) is 18.6 Å². The van der Waals surface area contributed by atoms with E-state index in [-0.39, 0.29) is 4.75 Å². The van der Waals surface area contributed by atoms with Crippen LogP contribution in [0.25, 0.3) is 11.1 Å². The summed E-state index contributed by atoms with van der Waals surface area (Å²) in [6, 6.07) is 7.81. The van der Waals surface area contributed by atoms with Crippen molar-refractivity contribution in [2.75, 3.05) is 0 Å². The highest BCUT2D eigenvalue weighted by Crippen LogP contribution is 2.40. The lowest BCUT2D eigenvalue weighted by Gasteiger charge is -2.24. The minimum Gasteiger partial charge on any atom is -0.431 e. The van der Waals surface area contributed by atoms with Gasteiger partial charge in [0.25, 0.3) is 5.22 Å². The molecule has 1 aliphatic rings. The fourth-order valence-electron chi connectivity index (χ4n) is 1.94. The predicted octanol–water partition coefficient (Wildman–Crippen LogP) is 4.36. The summed E-state index contributed by atoms with van der Waals surface area (Å²) in [6.07, 6.45) is 11.2. The first-order chi connectivity index (χ1) is 8.81. The van der Waals surface area contributed by atoms with E-state index in [1.54, 1.807) is 11.8 Å². The van der Waals surface area contributed by atoms with Crippen molar-refractivity contribution in [3.05, 3.63) is 61.2 Å². The van der Waals surface area contributed by atoms with Gasteiger partial charge in [-0.15, -0.1) is 6.58 Å². The summed E-state index contributed by atoms with van der Waals surface area (Å²) in [5.41, 5.74) is 1.73. The number of benzene rings is 1. The largest absolute Gasteiger partial charge is 0.431 e. The second-order valence-electron chi connectivity index (χ2n) is 4.20. The van der Waals surface area contributed by atoms with E-state index in [2.05, 4.69) is 23.7 Å². The van der Waals surface area contributed by atoms with Crippen LogP contribution in [0.3, 0.4) is 0 Å². The Hall–Kier alpha value is -1.74. The van der Waals surface area contributed by atoms with E-state index in [1.165, 1.54) is 0 Å². The smallest absolute Gasteiger partial charge is 0.257 e. The van der Waals surface area contributed by atoms with Crippen LogP contribution < -0.4 is 0 Å². The lowest BCUT2D eigenvalue weighted by atomic mass is 10.0. The topological polar surface area (TPSA) is 26.0 Å². The number of para-hydroxylation sites is 2. The second-order valence-corrected chi connectivity index (χ2v) is 5.51. The molecule has 1 aromatic carbocycles. The van der Waals surface area contributed by atoms with Crippen molar-refractivity contribution in [2.45, 2.75) is 16.4 Å². The normalized spacial score (nSPS) is 22.4. The molecule has 0 aliphatic heterocycles. The van der Waals surface area contributed by atoms with Gasteiger partial charge >= 0.3 is 0 Å². The summed E-state index contributed by atoms with van der Waals surface area (Å²) in [4.78, 5) is 4.49. The number of thioether (sulfide) groups is 1. The van der Waals surface area contributed by atoms with Crippen LogP contribution in [0.1, 0.15) is 6.42 Å². The van der Waals surface area contributed by atoms with Crippen molar-refractivity contribution in [1.82, 2.24) is 4.98 Å². The Kier molecular flexibility index (Phi) is 2.84. The molecule has 1 aromatic heterocycles. The van der Waals surface area contributed by atoms with Crippen molar-refractivity contribution in [3.8, 4) is 0 Å². The monoisotopic (exact) mass is 255 g/mol. The molecule has 1 unspecified atom stereocenters. The van der Waals surface area contributed by atoms with Gasteiger partial charge in [0.2, 0.25) is 0 Å². The van der Waals surface area contributed by atoms with Crippen LogP contribution in [-0.4, -0.2) is 9.73 Å². The Morgan fingerprint density at radius 1 is 1.33 bits per heavy atom. The summed E-state index contributed by atoms with van der Waals surface area (Å²) in [7, 11) is 0. The first-order valence-electron chi connectivity index (χ1n) is 5.84. The Morgan fingerprint density at radius 2 is 2.22 bits per heavy atom. The van der Waals surface area contributed by atoms with E-state index in [9.17, 15) is 0 Å². The van der Waals surface area contributed by atoms with Gasteiger partial charge in [-0.1, -0.05) is 54.3 Å². The van der Waals surface area contributed by atoms with Crippen LogP contribution in [0.15, 0.2) is 70.9 Å². The zero-order valence-corrected chi connectivity index (χ0v) is 10.7. The molecule has 0 amide bonds. The van der Waals surface area contributed by atoms with Crippen molar-refractivity contribution >= 4 is 22.9 Å². The van der Waals surface area contributed by atoms with Gasteiger partial charge in [-0.3, -0.25) is 0 Å². The highest BCUT2D eigenvalue weighted by atomic mass is 32.2. The maximum absolute atomic E-state index is 5.74. The van der Waals surface area contributed by atoms with Gasteiger partial charge in [-0.25, -0.2) is 4.98 Å². The fraction of sp³-hybridized carbons (Fsp3) is 0.133. The average Bonchev–Trinajstić information content (AvgIpc) is 2.81. The van der Waals surface area contributed by atoms with Gasteiger partial charge in [0.05, 0.1) is 4.75 Å². The third kappa shape index (κ3) is 2.02. The SMILES string of the molecule is C=CC1(Sc2nc3ccccc3o2)C=CC=CC1. The number of oxazole rings is 1. The summed E-state index contributed by atoms with van der Waals surface area (Å²) < 4.78 is 5.60. The Labute approximate surface area is 110 Å². The van der Waals surface area contributed by atoms with E-state index >= 15 is 0 Å². The van der Waals surface area contributed by atoms with Gasteiger partial charge in [0.15, 0.2) is 5.58 Å². The van der Waals surface area contributed by atoms with Crippen LogP contribution in [0.4, 0.5) is 0 Å². The molecule has 2 nitrogen and oxygen atoms in total. The maximum atomic E-state index is 5.74. The van der Waals surface area contributed by atoms with E-state index in [4.69, 9.17) is 4.42 Å². The highest BCUT2D eigenvalue weighted by molar-refractivity contribution is 8.00. The number of hydrogen-bond donors (Lipinski definition) is 0. The average molecular weight is 255 g/mol. The number of hydrogen-bond acceptors (Lipinski definition) is 3. The van der Waals surface area contributed by atoms with Gasteiger partial charge < -0.3 is 4.42 Å². The molecular formula is C15H13NOS. The lowest BCUT2D eigenvalue weighted by Crippen LogP contribution is -2.18. The molecule has 3 heteroatoms. The Morgan fingerprint density at radius 3 is 2.94 bits per heavy atom. The van der Waals surface area contributed by atoms with E-state index < -0.39 is 0 Å². The number of nitrogens with zero attached hydrogens (tertiary/aromatic N) is 1. The van der Waals surface area contributed by atoms with Crippen molar-refractivity contribution < 1.29 is 4.42 Å². The molecular weight excluding hydrogens is 242 g/mol. The van der Waals surface area contributed by atoms with E-state index in [0.717, 1.165) is 17.5 Å². The Balaban J connectivity index is 1.93. The molecule has 2 aromatic rings. The zero-order chi connectivity index (χ0) is 12.4. The molecule has 0 saturated heterocycles. The zero-order valence-electron chi connectivity index (χ0n) is 9.87. The number of rotatable bonds is 3. The molecule has 0 saturated carbocycles. The fourth-order valence-corrected chi connectivity index (χ4v) is 2.95. The quantitative estimate of drug-likeness (QED) is 0.762. The van der Waals surface area contributed by atoms with Crippen LogP contribution in [0.5, 0.6) is 0 Å². The van der Waals surface area contributed by atoms with Gasteiger partial charge in [0.1, 0.15) is 5.52 Å². The van der Waals surface area contributed by atoms with Crippen LogP contribution in [0.2, 0.25) is 0 Å². The standard InChI is InChI=1S/C15H13NOS/c1-2-15(10-6-3-7-11-15)18-14-16-12-8-4-5-9-13(12)17-14/h2-10H,1,11H2. The molecule has 0 spiro atoms. The third-order valence-corrected chi connectivity index (χ3v) is 4.16. The molecule has 18 heavy (non-hydrogen) atoms. The maximum Gasteiger partial charge on any atom is 0.257 e. The predicted molar refractivity (Wildman–Crippen MR) is 75.7 cm³/mol. The minimum absolute atomic E-state index is 0.143. The first-order valence-corrected chi connectivity index (χ1v) is 6.65. The molecule has 1 aliphatic carbocycles. The molecule has 90 valence electrons. The second kappa shape index (κ2) is 4.50. The van der Waals surface area contributed by atoms with E-state index in [0.29, 0.717) is 5.22 Å². The van der Waals surface area contributed by atoms with Crippen molar-refractivity contribution in [1.29, 1.82) is 0 Å². The minimum atomic E-state index is -0.143. The van der Waals surface area contributed by atoms with Crippen LogP contribution in [0, 0.1) is 0 Å². The molecule has 0 radical (unpaired) electrons. The molecule has 0 fully saturated rings. The van der Waals surface area contributed by atoms with Gasteiger partial charge in [-0.2, -0.15) is 0 Å². The molecule has 0 N–H and O–H groups in total. The number of aromatic nitrogens is 1. The van der Waals surface area contributed by atoms with Crippen LogP contribution >= 0.6 is 11.8 Å². The summed E-state index contributed by atoms with van der Waals surface area (Å²) >= 11 is 1.60. The number of fused-ring (bicyclic) bond motifs is 1.